The van der Waals surface area contributed by atoms with Crippen LogP contribution in [-0.2, 0) is 6.61 Å². The van der Waals surface area contributed by atoms with Crippen LogP contribution in [-0.4, -0.2) is 12.1 Å². The van der Waals surface area contributed by atoms with Crippen LogP contribution in [0.2, 0.25) is 5.02 Å². The van der Waals surface area contributed by atoms with Crippen molar-refractivity contribution < 1.29 is 13.9 Å². The highest BCUT2D eigenvalue weighted by Crippen LogP contribution is 2.35. The van der Waals surface area contributed by atoms with Crippen LogP contribution in [0.3, 0.4) is 0 Å². The summed E-state index contributed by atoms with van der Waals surface area (Å²) in [4.78, 5) is 12.1. The third kappa shape index (κ3) is 5.91. The van der Waals surface area contributed by atoms with E-state index in [4.69, 9.17) is 21.6 Å². The van der Waals surface area contributed by atoms with Gasteiger partial charge < -0.3 is 4.74 Å². The van der Waals surface area contributed by atoms with Crippen molar-refractivity contribution in [1.29, 1.82) is 5.26 Å². The second kappa shape index (κ2) is 10.5. The second-order valence-corrected chi connectivity index (χ2v) is 8.32. The number of amides is 1. The van der Waals surface area contributed by atoms with Gasteiger partial charge in [0.2, 0.25) is 0 Å². The lowest BCUT2D eigenvalue weighted by atomic mass is 10.1. The molecular formula is C22H13Br2ClFN3O2. The van der Waals surface area contributed by atoms with Gasteiger partial charge in [0, 0.05) is 10.6 Å². The Bertz CT molecular complexity index is 1190. The average Bonchev–Trinajstić information content (AvgIpc) is 2.74. The minimum atomic E-state index is -0.794. The van der Waals surface area contributed by atoms with Crippen molar-refractivity contribution in [2.24, 2.45) is 5.10 Å². The largest absolute Gasteiger partial charge is 0.486 e. The molecule has 0 aliphatic rings. The van der Waals surface area contributed by atoms with Crippen molar-refractivity contribution >= 4 is 55.6 Å². The average molecular weight is 566 g/mol. The number of halogens is 4. The molecule has 0 heterocycles. The van der Waals surface area contributed by atoms with Gasteiger partial charge in [-0.05, 0) is 73.8 Å². The standard InChI is InChI=1S/C22H13Br2ClFN3O2/c23-17-7-14(8-18(24)21(17)31-12-15-3-1-2-4-19(15)25)11-28-29-22(30)16-6-5-13(10-27)9-20(16)26/h1-9,11H,12H2,(H,29,30)/b28-11-. The Kier molecular flexibility index (Phi) is 7.80. The van der Waals surface area contributed by atoms with Crippen molar-refractivity contribution in [3.63, 3.8) is 0 Å². The first kappa shape index (κ1) is 22.9. The number of carbonyl (C=O) groups excluding carboxylic acids is 1. The zero-order valence-corrected chi connectivity index (χ0v) is 19.6. The highest BCUT2D eigenvalue weighted by molar-refractivity contribution is 9.11. The number of hydrazone groups is 1. The highest BCUT2D eigenvalue weighted by Gasteiger charge is 2.12. The topological polar surface area (TPSA) is 74.5 Å². The van der Waals surface area contributed by atoms with Crippen LogP contribution in [0, 0.1) is 17.1 Å². The third-order valence-electron chi connectivity index (χ3n) is 4.07. The van der Waals surface area contributed by atoms with Crippen molar-refractivity contribution in [1.82, 2.24) is 5.43 Å². The summed E-state index contributed by atoms with van der Waals surface area (Å²) >= 11 is 13.1. The zero-order valence-electron chi connectivity index (χ0n) is 15.7. The lowest BCUT2D eigenvalue weighted by Gasteiger charge is -2.12. The van der Waals surface area contributed by atoms with Crippen molar-refractivity contribution in [3.05, 3.63) is 96.6 Å². The van der Waals surface area contributed by atoms with Crippen LogP contribution in [0.1, 0.15) is 27.0 Å². The molecule has 0 saturated heterocycles. The molecule has 5 nitrogen and oxygen atoms in total. The molecule has 31 heavy (non-hydrogen) atoms. The number of nitrogens with zero attached hydrogens (tertiary/aromatic N) is 2. The van der Waals surface area contributed by atoms with E-state index in [9.17, 15) is 9.18 Å². The lowest BCUT2D eigenvalue weighted by Crippen LogP contribution is -2.19. The number of nitrogens with one attached hydrogen (secondary N) is 1. The number of hydrogen-bond acceptors (Lipinski definition) is 4. The van der Waals surface area contributed by atoms with E-state index in [0.717, 1.165) is 11.6 Å². The number of nitriles is 1. The van der Waals surface area contributed by atoms with E-state index in [1.807, 2.05) is 24.3 Å². The lowest BCUT2D eigenvalue weighted by molar-refractivity contribution is 0.0951. The third-order valence-corrected chi connectivity index (χ3v) is 5.62. The van der Waals surface area contributed by atoms with Crippen LogP contribution in [0.5, 0.6) is 5.75 Å². The van der Waals surface area contributed by atoms with Gasteiger partial charge in [-0.15, -0.1) is 0 Å². The van der Waals surface area contributed by atoms with E-state index in [2.05, 4.69) is 42.4 Å². The van der Waals surface area contributed by atoms with Crippen LogP contribution in [0.4, 0.5) is 4.39 Å². The molecule has 3 aromatic carbocycles. The van der Waals surface area contributed by atoms with Crippen LogP contribution in [0.25, 0.3) is 0 Å². The van der Waals surface area contributed by atoms with Crippen LogP contribution >= 0.6 is 43.5 Å². The summed E-state index contributed by atoms with van der Waals surface area (Å²) in [7, 11) is 0. The van der Waals surface area contributed by atoms with Crippen LogP contribution in [0.15, 0.2) is 68.6 Å². The number of hydrogen-bond donors (Lipinski definition) is 1. The van der Waals surface area contributed by atoms with Gasteiger partial charge in [0.25, 0.3) is 5.91 Å². The molecule has 1 N–H and O–H groups in total. The smallest absolute Gasteiger partial charge is 0.274 e. The van der Waals surface area contributed by atoms with Gasteiger partial charge in [-0.2, -0.15) is 10.4 Å². The Labute approximate surface area is 199 Å². The first-order chi connectivity index (χ1) is 14.9. The minimum Gasteiger partial charge on any atom is -0.486 e. The molecule has 3 rings (SSSR count). The molecule has 156 valence electrons. The highest BCUT2D eigenvalue weighted by atomic mass is 79.9. The summed E-state index contributed by atoms with van der Waals surface area (Å²) in [6, 6.07) is 16.3. The monoisotopic (exact) mass is 563 g/mol. The quantitative estimate of drug-likeness (QED) is 0.285. The van der Waals surface area contributed by atoms with Gasteiger partial charge >= 0.3 is 0 Å². The normalized spacial score (nSPS) is 10.7. The van der Waals surface area contributed by atoms with E-state index in [0.29, 0.717) is 25.3 Å². The predicted molar refractivity (Wildman–Crippen MR) is 124 cm³/mol. The molecule has 0 bridgehead atoms. The summed E-state index contributed by atoms with van der Waals surface area (Å²) in [6.07, 6.45) is 1.41. The van der Waals surface area contributed by atoms with Crippen molar-refractivity contribution in [3.8, 4) is 11.8 Å². The maximum Gasteiger partial charge on any atom is 0.274 e. The minimum absolute atomic E-state index is 0.129. The second-order valence-electron chi connectivity index (χ2n) is 6.20. The maximum absolute atomic E-state index is 13.9. The summed E-state index contributed by atoms with van der Waals surface area (Å²) in [5.41, 5.74) is 3.70. The van der Waals surface area contributed by atoms with Gasteiger partial charge in [0.1, 0.15) is 18.2 Å². The molecule has 0 aliphatic heterocycles. The van der Waals surface area contributed by atoms with Gasteiger partial charge in [-0.25, -0.2) is 9.82 Å². The molecule has 0 aliphatic carbocycles. The van der Waals surface area contributed by atoms with Crippen molar-refractivity contribution in [2.45, 2.75) is 6.61 Å². The van der Waals surface area contributed by atoms with Gasteiger partial charge in [-0.1, -0.05) is 29.8 Å². The number of rotatable bonds is 6. The number of ether oxygens (including phenoxy) is 1. The summed E-state index contributed by atoms with van der Waals surface area (Å²) < 4.78 is 21.1. The molecule has 0 fully saturated rings. The van der Waals surface area contributed by atoms with Crippen LogP contribution < -0.4 is 10.2 Å². The Morgan fingerprint density at radius 3 is 2.55 bits per heavy atom. The van der Waals surface area contributed by atoms with E-state index in [1.165, 1.54) is 18.3 Å². The Hall–Kier alpha value is -2.73. The first-order valence-corrected chi connectivity index (χ1v) is 10.7. The molecule has 1 amide bonds. The summed E-state index contributed by atoms with van der Waals surface area (Å²) in [5, 5.41) is 13.2. The molecular weight excluding hydrogens is 553 g/mol. The van der Waals surface area contributed by atoms with Gasteiger partial charge in [0.05, 0.1) is 32.4 Å². The van der Waals surface area contributed by atoms with Crippen molar-refractivity contribution in [2.75, 3.05) is 0 Å². The number of carbonyl (C=O) groups is 1. The summed E-state index contributed by atoms with van der Waals surface area (Å²) in [6.45, 7) is 0.288. The Morgan fingerprint density at radius 1 is 1.19 bits per heavy atom. The molecule has 0 spiro atoms. The fraction of sp³-hybridized carbons (Fsp3) is 0.0455. The molecule has 0 unspecified atom stereocenters. The van der Waals surface area contributed by atoms with Gasteiger partial charge in [-0.3, -0.25) is 4.79 Å². The molecule has 3 aromatic rings. The molecule has 0 radical (unpaired) electrons. The zero-order chi connectivity index (χ0) is 22.4. The van der Waals surface area contributed by atoms with E-state index < -0.39 is 11.7 Å². The molecule has 0 aromatic heterocycles. The van der Waals surface area contributed by atoms with E-state index >= 15 is 0 Å². The SMILES string of the molecule is N#Cc1ccc(C(=O)N/N=C\c2cc(Br)c(OCc3ccccc3Cl)c(Br)c2)c(F)c1. The van der Waals surface area contributed by atoms with E-state index in [-0.39, 0.29) is 17.7 Å². The Balaban J connectivity index is 1.67. The fourth-order valence-corrected chi connectivity index (χ4v) is 4.19. The number of benzene rings is 3. The molecule has 0 saturated carbocycles. The Morgan fingerprint density at radius 2 is 1.90 bits per heavy atom. The first-order valence-electron chi connectivity index (χ1n) is 8.77. The molecule has 0 atom stereocenters. The summed E-state index contributed by atoms with van der Waals surface area (Å²) in [5.74, 6) is -0.936. The van der Waals surface area contributed by atoms with Gasteiger partial charge in [0.15, 0.2) is 0 Å². The molecule has 9 heteroatoms. The fourth-order valence-electron chi connectivity index (χ4n) is 2.55. The predicted octanol–water partition coefficient (Wildman–Crippen LogP) is 6.22. The van der Waals surface area contributed by atoms with E-state index in [1.54, 1.807) is 18.2 Å². The maximum atomic E-state index is 13.9.